The van der Waals surface area contributed by atoms with Gasteiger partial charge < -0.3 is 4.90 Å². The minimum absolute atomic E-state index is 0.177. The third kappa shape index (κ3) is 2.73. The Balaban J connectivity index is 1.84. The van der Waals surface area contributed by atoms with Crippen LogP contribution in [0.3, 0.4) is 0 Å². The van der Waals surface area contributed by atoms with Crippen LogP contribution in [-0.4, -0.2) is 61.2 Å². The molecule has 1 aromatic heterocycles. The number of nitrogens with zero attached hydrogens (tertiary/aromatic N) is 4. The summed E-state index contributed by atoms with van der Waals surface area (Å²) in [6.07, 6.45) is 0.886. The molecule has 0 N–H and O–H groups in total. The molecule has 1 saturated heterocycles. The van der Waals surface area contributed by atoms with E-state index in [2.05, 4.69) is 33.8 Å². The summed E-state index contributed by atoms with van der Waals surface area (Å²) >= 11 is 0. The second kappa shape index (κ2) is 5.94. The maximum Gasteiger partial charge on any atom is 0.245 e. The van der Waals surface area contributed by atoms with Crippen LogP contribution in [0.25, 0.3) is 11.0 Å². The molecule has 120 valence electrons. The van der Waals surface area contributed by atoms with Crippen LogP contribution >= 0.6 is 0 Å². The Kier molecular flexibility index (Phi) is 4.16. The summed E-state index contributed by atoms with van der Waals surface area (Å²) < 4.78 is 31.9. The van der Waals surface area contributed by atoms with E-state index in [4.69, 9.17) is 0 Å². The van der Waals surface area contributed by atoms with E-state index in [9.17, 15) is 8.42 Å². The Labute approximate surface area is 129 Å². The number of hydrogen-bond donors (Lipinski definition) is 0. The highest BCUT2D eigenvalue weighted by molar-refractivity contribution is 7.89. The number of aromatic nitrogens is 2. The molecule has 0 saturated carbocycles. The first-order valence-electron chi connectivity index (χ1n) is 7.42. The molecular formula is C14H20N4O3S. The fourth-order valence-electron chi connectivity index (χ4n) is 2.86. The lowest BCUT2D eigenvalue weighted by Gasteiger charge is -2.20. The van der Waals surface area contributed by atoms with Gasteiger partial charge in [-0.25, -0.2) is 13.0 Å². The Morgan fingerprint density at radius 3 is 3.00 bits per heavy atom. The molecule has 0 amide bonds. The van der Waals surface area contributed by atoms with Crippen molar-refractivity contribution in [2.24, 2.45) is 5.92 Å². The number of sulfonamides is 1. The predicted octanol–water partition coefficient (Wildman–Crippen LogP) is 1.19. The Morgan fingerprint density at radius 2 is 2.23 bits per heavy atom. The van der Waals surface area contributed by atoms with Gasteiger partial charge >= 0.3 is 0 Å². The molecule has 22 heavy (non-hydrogen) atoms. The van der Waals surface area contributed by atoms with Gasteiger partial charge in [-0.15, -0.1) is 0 Å². The average molecular weight is 324 g/mol. The fraction of sp³-hybridized carbons (Fsp3) is 0.571. The van der Waals surface area contributed by atoms with Crippen LogP contribution in [0.4, 0.5) is 0 Å². The van der Waals surface area contributed by atoms with E-state index in [1.807, 2.05) is 0 Å². The van der Waals surface area contributed by atoms with Crippen molar-refractivity contribution < 1.29 is 13.0 Å². The maximum atomic E-state index is 12.9. The van der Waals surface area contributed by atoms with E-state index >= 15 is 0 Å². The summed E-state index contributed by atoms with van der Waals surface area (Å²) in [7, 11) is -1.50. The molecule has 0 bridgehead atoms. The smallest absolute Gasteiger partial charge is 0.245 e. The standard InChI is InChI=1S/C14H20N4O3S/c1-3-17(2)9-11-7-8-18(10-11)22(19,20)13-6-4-5-12-14(13)16-21-15-12/h4-6,11H,3,7-10H2,1-2H3/t11-/m1/s1. The van der Waals surface area contributed by atoms with Gasteiger partial charge in [0, 0.05) is 19.6 Å². The first kappa shape index (κ1) is 15.4. The summed E-state index contributed by atoms with van der Waals surface area (Å²) in [6, 6.07) is 4.92. The number of hydrogen-bond acceptors (Lipinski definition) is 6. The molecule has 1 aliphatic rings. The number of benzene rings is 1. The van der Waals surface area contributed by atoms with Crippen LogP contribution in [-0.2, 0) is 10.0 Å². The molecule has 0 radical (unpaired) electrons. The minimum Gasteiger partial charge on any atom is -0.306 e. The van der Waals surface area contributed by atoms with Crippen molar-refractivity contribution in [2.45, 2.75) is 18.2 Å². The monoisotopic (exact) mass is 324 g/mol. The molecule has 1 atom stereocenters. The van der Waals surface area contributed by atoms with Gasteiger partial charge in [0.1, 0.15) is 10.4 Å². The van der Waals surface area contributed by atoms with Crippen molar-refractivity contribution in [1.82, 2.24) is 19.5 Å². The van der Waals surface area contributed by atoms with Gasteiger partial charge in [0.05, 0.1) is 0 Å². The largest absolute Gasteiger partial charge is 0.306 e. The maximum absolute atomic E-state index is 12.9. The minimum atomic E-state index is -3.56. The molecule has 0 unspecified atom stereocenters. The molecule has 7 nitrogen and oxygen atoms in total. The highest BCUT2D eigenvalue weighted by Gasteiger charge is 2.34. The summed E-state index contributed by atoms with van der Waals surface area (Å²) in [4.78, 5) is 2.39. The van der Waals surface area contributed by atoms with E-state index in [1.165, 1.54) is 0 Å². The third-order valence-corrected chi connectivity index (χ3v) is 6.12. The first-order chi connectivity index (χ1) is 10.5. The van der Waals surface area contributed by atoms with Crippen molar-refractivity contribution in [3.8, 4) is 0 Å². The van der Waals surface area contributed by atoms with Gasteiger partial charge in [-0.3, -0.25) is 0 Å². The Hall–Kier alpha value is -1.51. The van der Waals surface area contributed by atoms with Crippen molar-refractivity contribution in [1.29, 1.82) is 0 Å². The molecule has 2 aromatic rings. The van der Waals surface area contributed by atoms with E-state index in [-0.39, 0.29) is 4.90 Å². The summed E-state index contributed by atoms with van der Waals surface area (Å²) in [5.41, 5.74) is 0.763. The zero-order valence-electron chi connectivity index (χ0n) is 12.8. The summed E-state index contributed by atoms with van der Waals surface area (Å²) in [5, 5.41) is 7.45. The van der Waals surface area contributed by atoms with Crippen LogP contribution in [0, 0.1) is 5.92 Å². The Morgan fingerprint density at radius 1 is 1.41 bits per heavy atom. The van der Waals surface area contributed by atoms with Gasteiger partial charge in [0.15, 0.2) is 5.52 Å². The topological polar surface area (TPSA) is 79.5 Å². The second-order valence-electron chi connectivity index (χ2n) is 5.76. The normalized spacial score (nSPS) is 20.2. The van der Waals surface area contributed by atoms with Crippen LogP contribution in [0.2, 0.25) is 0 Å². The molecule has 1 fully saturated rings. The highest BCUT2D eigenvalue weighted by Crippen LogP contribution is 2.28. The lowest BCUT2D eigenvalue weighted by Crippen LogP contribution is -2.31. The van der Waals surface area contributed by atoms with E-state index in [0.717, 1.165) is 19.5 Å². The number of rotatable bonds is 5. The molecule has 2 heterocycles. The van der Waals surface area contributed by atoms with Crippen molar-refractivity contribution in [3.05, 3.63) is 18.2 Å². The van der Waals surface area contributed by atoms with Crippen LogP contribution < -0.4 is 0 Å². The predicted molar refractivity (Wildman–Crippen MR) is 81.8 cm³/mol. The molecule has 8 heteroatoms. The van der Waals surface area contributed by atoms with Gasteiger partial charge in [-0.05, 0) is 48.4 Å². The van der Waals surface area contributed by atoms with Crippen molar-refractivity contribution in [2.75, 3.05) is 33.2 Å². The quantitative estimate of drug-likeness (QED) is 0.822. The molecular weight excluding hydrogens is 304 g/mol. The Bertz CT molecular complexity index is 758. The van der Waals surface area contributed by atoms with Gasteiger partial charge in [-0.2, -0.15) is 4.31 Å². The number of fused-ring (bicyclic) bond motifs is 1. The van der Waals surface area contributed by atoms with E-state index in [0.29, 0.717) is 30.0 Å². The molecule has 3 rings (SSSR count). The van der Waals surface area contributed by atoms with Gasteiger partial charge in [-0.1, -0.05) is 13.0 Å². The van der Waals surface area contributed by atoms with Crippen LogP contribution in [0.5, 0.6) is 0 Å². The van der Waals surface area contributed by atoms with E-state index < -0.39 is 10.0 Å². The lowest BCUT2D eigenvalue weighted by molar-refractivity contribution is 0.293. The molecule has 1 aromatic carbocycles. The average Bonchev–Trinajstić information content (AvgIpc) is 3.15. The second-order valence-corrected chi connectivity index (χ2v) is 7.67. The van der Waals surface area contributed by atoms with Crippen LogP contribution in [0.1, 0.15) is 13.3 Å². The zero-order valence-corrected chi connectivity index (χ0v) is 13.6. The SMILES string of the molecule is CCN(C)C[C@H]1CCN(S(=O)(=O)c2cccc3nonc23)C1. The van der Waals surface area contributed by atoms with E-state index in [1.54, 1.807) is 22.5 Å². The summed E-state index contributed by atoms with van der Waals surface area (Å²) in [6.45, 7) is 5.08. The van der Waals surface area contributed by atoms with Crippen LogP contribution in [0.15, 0.2) is 27.7 Å². The van der Waals surface area contributed by atoms with Gasteiger partial charge in [0.2, 0.25) is 10.0 Å². The molecule has 0 spiro atoms. The fourth-order valence-corrected chi connectivity index (χ4v) is 4.53. The summed E-state index contributed by atoms with van der Waals surface area (Å²) in [5.74, 6) is 0.370. The highest BCUT2D eigenvalue weighted by atomic mass is 32.2. The molecule has 0 aliphatic carbocycles. The lowest BCUT2D eigenvalue weighted by atomic mass is 10.1. The first-order valence-corrected chi connectivity index (χ1v) is 8.86. The van der Waals surface area contributed by atoms with Crippen molar-refractivity contribution >= 4 is 21.1 Å². The molecule has 1 aliphatic heterocycles. The van der Waals surface area contributed by atoms with Crippen molar-refractivity contribution in [3.63, 3.8) is 0 Å². The third-order valence-electron chi connectivity index (χ3n) is 4.23. The zero-order chi connectivity index (χ0) is 15.7. The van der Waals surface area contributed by atoms with Gasteiger partial charge in [0.25, 0.3) is 0 Å².